The average Bonchev–Trinajstić information content (AvgIpc) is 3.45. The van der Waals surface area contributed by atoms with E-state index in [1.54, 1.807) is 23.3 Å². The van der Waals surface area contributed by atoms with Crippen LogP contribution in [0, 0.1) is 17.2 Å². The fraction of sp³-hybridized carbons (Fsp3) is 0.421. The third-order valence-corrected chi connectivity index (χ3v) is 5.34. The molecule has 1 saturated carbocycles. The molecule has 1 fully saturated rings. The second kappa shape index (κ2) is 7.78. The van der Waals surface area contributed by atoms with E-state index in [1.807, 2.05) is 6.07 Å². The van der Waals surface area contributed by atoms with Crippen molar-refractivity contribution in [2.45, 2.75) is 44.0 Å². The summed E-state index contributed by atoms with van der Waals surface area (Å²) in [6.07, 6.45) is 2.01. The molecular weight excluding hydrogens is 401 g/mol. The number of nitriles is 1. The Morgan fingerprint density at radius 2 is 2.23 bits per heavy atom. The highest BCUT2D eigenvalue weighted by Gasteiger charge is 2.44. The van der Waals surface area contributed by atoms with Crippen molar-refractivity contribution in [1.82, 2.24) is 24.7 Å². The van der Waals surface area contributed by atoms with Crippen molar-refractivity contribution in [3.05, 3.63) is 31.0 Å². The number of alkyl halides is 3. The monoisotopic (exact) mass is 418 g/mol. The topological polar surface area (TPSA) is 109 Å². The normalized spacial score (nSPS) is 20.2. The van der Waals surface area contributed by atoms with Crippen LogP contribution < -0.4 is 0 Å². The molecular formula is C19H17F3N6O2. The van der Waals surface area contributed by atoms with Gasteiger partial charge < -0.3 is 9.72 Å². The number of H-pyrrole nitrogens is 1. The van der Waals surface area contributed by atoms with Gasteiger partial charge in [0.05, 0.1) is 30.4 Å². The molecule has 30 heavy (non-hydrogen) atoms. The van der Waals surface area contributed by atoms with Crippen LogP contribution in [0.5, 0.6) is 0 Å². The Balaban J connectivity index is 1.53. The third-order valence-electron chi connectivity index (χ3n) is 5.34. The summed E-state index contributed by atoms with van der Waals surface area (Å²) in [7, 11) is 0. The van der Waals surface area contributed by atoms with Gasteiger partial charge in [-0.15, -0.1) is 0 Å². The number of nitrogens with one attached hydrogen (secondary N) is 1. The van der Waals surface area contributed by atoms with Crippen LogP contribution in [-0.2, 0) is 9.53 Å². The van der Waals surface area contributed by atoms with Gasteiger partial charge in [-0.2, -0.15) is 23.5 Å². The molecule has 0 saturated heterocycles. The maximum atomic E-state index is 12.5. The molecule has 4 rings (SSSR count). The predicted molar refractivity (Wildman–Crippen MR) is 97.7 cm³/mol. The summed E-state index contributed by atoms with van der Waals surface area (Å²) in [4.78, 5) is 22.6. The first kappa shape index (κ1) is 19.9. The van der Waals surface area contributed by atoms with Crippen molar-refractivity contribution < 1.29 is 22.7 Å². The zero-order valence-electron chi connectivity index (χ0n) is 15.6. The van der Waals surface area contributed by atoms with Gasteiger partial charge in [-0.05, 0) is 31.2 Å². The van der Waals surface area contributed by atoms with E-state index in [1.165, 1.54) is 6.33 Å². The van der Waals surface area contributed by atoms with Crippen LogP contribution in [0.4, 0.5) is 13.2 Å². The van der Waals surface area contributed by atoms with Crippen LogP contribution in [0.15, 0.2) is 31.0 Å². The Morgan fingerprint density at radius 1 is 1.40 bits per heavy atom. The zero-order chi connectivity index (χ0) is 21.3. The summed E-state index contributed by atoms with van der Waals surface area (Å²) in [6, 6.07) is 3.63. The molecule has 0 aliphatic heterocycles. The minimum absolute atomic E-state index is 0.134. The number of hydrogen-bond acceptors (Lipinski definition) is 6. The molecule has 1 aliphatic rings. The number of ether oxygens (including phenoxy) is 1. The Bertz CT molecular complexity index is 1100. The number of nitrogens with zero attached hydrogens (tertiary/aromatic N) is 5. The standard InChI is InChI=1S/C19H17F3N6O2/c20-19(21,22)18(29)30-13-2-1-11(7-13)15(3-5-23)28-9-12(8-27-28)16-14-4-6-24-17(14)26-10-25-16/h4,6,8-11,13,15H,1-3,7H2,(H,24,25,26)/t11-,13-,15?/m1/s1. The number of aromatic nitrogens is 5. The van der Waals surface area contributed by atoms with E-state index in [9.17, 15) is 23.2 Å². The molecule has 8 nitrogen and oxygen atoms in total. The van der Waals surface area contributed by atoms with Gasteiger partial charge in [-0.25, -0.2) is 14.8 Å². The van der Waals surface area contributed by atoms with Crippen LogP contribution in [0.1, 0.15) is 31.7 Å². The molecule has 3 aromatic heterocycles. The molecule has 11 heteroatoms. The van der Waals surface area contributed by atoms with E-state index in [0.29, 0.717) is 24.2 Å². The molecule has 0 bridgehead atoms. The van der Waals surface area contributed by atoms with Crippen molar-refractivity contribution in [3.63, 3.8) is 0 Å². The molecule has 0 radical (unpaired) electrons. The molecule has 3 aromatic rings. The Morgan fingerprint density at radius 3 is 3.00 bits per heavy atom. The van der Waals surface area contributed by atoms with Crippen molar-refractivity contribution in [1.29, 1.82) is 5.26 Å². The lowest BCUT2D eigenvalue weighted by molar-refractivity contribution is -0.204. The largest absolute Gasteiger partial charge is 0.490 e. The van der Waals surface area contributed by atoms with Crippen LogP contribution in [0.3, 0.4) is 0 Å². The first-order valence-corrected chi connectivity index (χ1v) is 9.34. The maximum absolute atomic E-state index is 12.5. The molecule has 1 N–H and O–H groups in total. The minimum atomic E-state index is -5.01. The number of aromatic amines is 1. The first-order valence-electron chi connectivity index (χ1n) is 9.34. The van der Waals surface area contributed by atoms with Gasteiger partial charge in [0.2, 0.25) is 0 Å². The number of carbonyl (C=O) groups is 1. The lowest BCUT2D eigenvalue weighted by Crippen LogP contribution is -2.29. The molecule has 0 spiro atoms. The number of halogens is 3. The van der Waals surface area contributed by atoms with E-state index in [4.69, 9.17) is 0 Å². The molecule has 0 amide bonds. The maximum Gasteiger partial charge on any atom is 0.490 e. The Kier molecular flexibility index (Phi) is 5.15. The SMILES string of the molecule is N#CCC([C@@H]1CC[C@@H](OC(=O)C(F)(F)F)C1)n1cc(-c2ncnc3[nH]ccc23)cn1. The summed E-state index contributed by atoms with van der Waals surface area (Å²) < 4.78 is 43.6. The predicted octanol–water partition coefficient (Wildman–Crippen LogP) is 3.55. The number of rotatable bonds is 5. The lowest BCUT2D eigenvalue weighted by atomic mass is 9.96. The van der Waals surface area contributed by atoms with Gasteiger partial charge in [0.15, 0.2) is 0 Å². The van der Waals surface area contributed by atoms with Crippen molar-refractivity contribution in [3.8, 4) is 17.3 Å². The molecule has 156 valence electrons. The Labute approximate surface area is 168 Å². The second-order valence-corrected chi connectivity index (χ2v) is 7.20. The summed E-state index contributed by atoms with van der Waals surface area (Å²) >= 11 is 0. The smallest absolute Gasteiger partial charge is 0.456 e. The van der Waals surface area contributed by atoms with E-state index >= 15 is 0 Å². The summed E-state index contributed by atoms with van der Waals surface area (Å²) in [5.41, 5.74) is 2.11. The van der Waals surface area contributed by atoms with Gasteiger partial charge in [0.1, 0.15) is 18.1 Å². The summed E-state index contributed by atoms with van der Waals surface area (Å²) in [5, 5.41) is 14.5. The van der Waals surface area contributed by atoms with Gasteiger partial charge in [-0.3, -0.25) is 4.68 Å². The second-order valence-electron chi connectivity index (χ2n) is 7.20. The molecule has 3 heterocycles. The molecule has 1 aliphatic carbocycles. The van der Waals surface area contributed by atoms with Crippen LogP contribution >= 0.6 is 0 Å². The van der Waals surface area contributed by atoms with Gasteiger partial charge in [0, 0.05) is 23.3 Å². The summed E-state index contributed by atoms with van der Waals surface area (Å²) in [5.74, 6) is -2.31. The molecule has 3 atom stereocenters. The Hall–Kier alpha value is -3.42. The fourth-order valence-electron chi connectivity index (χ4n) is 3.96. The highest BCUT2D eigenvalue weighted by molar-refractivity contribution is 5.89. The minimum Gasteiger partial charge on any atom is -0.456 e. The quantitative estimate of drug-likeness (QED) is 0.635. The number of carbonyl (C=O) groups excluding carboxylic acids is 1. The average molecular weight is 418 g/mol. The number of esters is 1. The van der Waals surface area contributed by atoms with Crippen LogP contribution in [-0.4, -0.2) is 43.0 Å². The molecule has 1 unspecified atom stereocenters. The van der Waals surface area contributed by atoms with E-state index in [0.717, 1.165) is 10.9 Å². The highest BCUT2D eigenvalue weighted by atomic mass is 19.4. The van der Waals surface area contributed by atoms with E-state index in [-0.39, 0.29) is 24.8 Å². The zero-order valence-corrected chi connectivity index (χ0v) is 15.6. The lowest BCUT2D eigenvalue weighted by Gasteiger charge is -2.22. The first-order chi connectivity index (χ1) is 14.4. The van der Waals surface area contributed by atoms with Gasteiger partial charge in [-0.1, -0.05) is 0 Å². The summed E-state index contributed by atoms with van der Waals surface area (Å²) in [6.45, 7) is 0. The van der Waals surface area contributed by atoms with Crippen molar-refractivity contribution >= 4 is 17.0 Å². The van der Waals surface area contributed by atoms with Crippen molar-refractivity contribution in [2.24, 2.45) is 5.92 Å². The highest BCUT2D eigenvalue weighted by Crippen LogP contribution is 2.39. The van der Waals surface area contributed by atoms with Crippen molar-refractivity contribution in [2.75, 3.05) is 0 Å². The van der Waals surface area contributed by atoms with Crippen LogP contribution in [0.2, 0.25) is 0 Å². The van der Waals surface area contributed by atoms with E-state index < -0.39 is 18.2 Å². The van der Waals surface area contributed by atoms with Gasteiger partial charge in [0.25, 0.3) is 0 Å². The fourth-order valence-corrected chi connectivity index (χ4v) is 3.96. The van der Waals surface area contributed by atoms with Gasteiger partial charge >= 0.3 is 12.1 Å². The third kappa shape index (κ3) is 3.85. The van der Waals surface area contributed by atoms with Crippen LogP contribution in [0.25, 0.3) is 22.3 Å². The number of hydrogen-bond donors (Lipinski definition) is 1. The molecule has 0 aromatic carbocycles. The number of fused-ring (bicyclic) bond motifs is 1. The van der Waals surface area contributed by atoms with E-state index in [2.05, 4.69) is 30.9 Å².